The van der Waals surface area contributed by atoms with E-state index in [1.165, 1.54) is 0 Å². The Hall–Kier alpha value is -2.12. The number of nitrogens with zero attached hydrogens (tertiary/aromatic N) is 1. The third-order valence-corrected chi connectivity index (χ3v) is 4.66. The van der Waals surface area contributed by atoms with Crippen LogP contribution in [-0.4, -0.2) is 64.3 Å². The molecule has 3 N–H and O–H groups in total. The second-order valence-electron chi connectivity index (χ2n) is 6.73. The summed E-state index contributed by atoms with van der Waals surface area (Å²) in [5, 5.41) is 5.77. The van der Waals surface area contributed by atoms with E-state index in [1.807, 2.05) is 45.2 Å². The molecule has 26 heavy (non-hydrogen) atoms. The van der Waals surface area contributed by atoms with Crippen molar-refractivity contribution in [2.24, 2.45) is 0 Å². The number of benzene rings is 1. The van der Waals surface area contributed by atoms with Gasteiger partial charge in [0, 0.05) is 31.0 Å². The maximum absolute atomic E-state index is 12.4. The van der Waals surface area contributed by atoms with Crippen LogP contribution < -0.4 is 20.4 Å². The van der Waals surface area contributed by atoms with Crippen molar-refractivity contribution < 1.29 is 19.2 Å². The molecule has 7 heteroatoms. The van der Waals surface area contributed by atoms with Crippen LogP contribution in [0, 0.1) is 0 Å². The SMILES string of the molecule is CCCNC(=O)C[NH+](C)[C@@H](C)C(=O)Nc1ccc(N2CCOCC2)cc1. The summed E-state index contributed by atoms with van der Waals surface area (Å²) in [6, 6.07) is 7.54. The average molecular weight is 363 g/mol. The average Bonchev–Trinajstić information content (AvgIpc) is 2.67. The Morgan fingerprint density at radius 1 is 1.23 bits per heavy atom. The maximum Gasteiger partial charge on any atom is 0.282 e. The standard InChI is InChI=1S/C19H30N4O3/c1-4-9-20-18(24)14-22(3)15(2)19(25)21-16-5-7-17(8-6-16)23-10-12-26-13-11-23/h5-8,15H,4,9-14H2,1-3H3,(H,20,24)(H,21,25)/p+1/t15-/m0/s1. The third kappa shape index (κ3) is 6.00. The molecule has 1 heterocycles. The molecule has 1 aromatic carbocycles. The molecule has 2 amide bonds. The van der Waals surface area contributed by atoms with Gasteiger partial charge in [0.25, 0.3) is 11.8 Å². The lowest BCUT2D eigenvalue weighted by Gasteiger charge is -2.29. The number of likely N-dealkylation sites (N-methyl/N-ethyl adjacent to an activating group) is 1. The minimum Gasteiger partial charge on any atom is -0.378 e. The molecular formula is C19H31N4O3+. The molecule has 2 rings (SSSR count). The predicted octanol–water partition coefficient (Wildman–Crippen LogP) is -0.109. The highest BCUT2D eigenvalue weighted by Crippen LogP contribution is 2.19. The smallest absolute Gasteiger partial charge is 0.282 e. The van der Waals surface area contributed by atoms with Crippen molar-refractivity contribution in [3.05, 3.63) is 24.3 Å². The molecule has 0 aliphatic carbocycles. The zero-order valence-corrected chi connectivity index (χ0v) is 16.0. The van der Waals surface area contributed by atoms with Gasteiger partial charge in [0.1, 0.15) is 0 Å². The van der Waals surface area contributed by atoms with E-state index in [1.54, 1.807) is 0 Å². The Morgan fingerprint density at radius 3 is 2.50 bits per heavy atom. The fraction of sp³-hybridized carbons (Fsp3) is 0.579. The second kappa shape index (κ2) is 10.1. The van der Waals surface area contributed by atoms with Crippen molar-refractivity contribution in [2.45, 2.75) is 26.3 Å². The molecule has 0 radical (unpaired) electrons. The summed E-state index contributed by atoms with van der Waals surface area (Å²) < 4.78 is 5.37. The van der Waals surface area contributed by atoms with E-state index in [9.17, 15) is 9.59 Å². The number of morpholine rings is 1. The zero-order chi connectivity index (χ0) is 18.9. The van der Waals surface area contributed by atoms with Crippen LogP contribution in [0.5, 0.6) is 0 Å². The number of quaternary nitrogens is 1. The highest BCUT2D eigenvalue weighted by Gasteiger charge is 2.24. The summed E-state index contributed by atoms with van der Waals surface area (Å²) in [6.45, 7) is 8.06. The van der Waals surface area contributed by atoms with Gasteiger partial charge in [0.05, 0.1) is 20.3 Å². The minimum absolute atomic E-state index is 0.0288. The summed E-state index contributed by atoms with van der Waals surface area (Å²) in [5.74, 6) is -0.122. The topological polar surface area (TPSA) is 75.1 Å². The van der Waals surface area contributed by atoms with E-state index in [0.29, 0.717) is 6.54 Å². The van der Waals surface area contributed by atoms with Crippen LogP contribution in [0.2, 0.25) is 0 Å². The van der Waals surface area contributed by atoms with Gasteiger partial charge < -0.3 is 25.2 Å². The highest BCUT2D eigenvalue weighted by molar-refractivity contribution is 5.93. The molecule has 1 unspecified atom stereocenters. The van der Waals surface area contributed by atoms with Crippen molar-refractivity contribution in [1.82, 2.24) is 5.32 Å². The molecule has 0 saturated carbocycles. The van der Waals surface area contributed by atoms with Crippen LogP contribution in [0.3, 0.4) is 0 Å². The van der Waals surface area contributed by atoms with Crippen LogP contribution in [0.15, 0.2) is 24.3 Å². The van der Waals surface area contributed by atoms with Crippen molar-refractivity contribution in [3.63, 3.8) is 0 Å². The minimum atomic E-state index is -0.318. The molecule has 7 nitrogen and oxygen atoms in total. The first kappa shape index (κ1) is 20.2. The van der Waals surface area contributed by atoms with Crippen LogP contribution in [0.1, 0.15) is 20.3 Å². The number of ether oxygens (including phenoxy) is 1. The molecule has 1 saturated heterocycles. The first-order valence-electron chi connectivity index (χ1n) is 9.34. The molecule has 144 valence electrons. The number of nitrogens with one attached hydrogen (secondary N) is 3. The summed E-state index contributed by atoms with van der Waals surface area (Å²) in [5.41, 5.74) is 1.90. The number of hydrogen-bond acceptors (Lipinski definition) is 4. The van der Waals surface area contributed by atoms with Crippen molar-refractivity contribution in [3.8, 4) is 0 Å². The Morgan fingerprint density at radius 2 is 1.88 bits per heavy atom. The second-order valence-corrected chi connectivity index (χ2v) is 6.73. The lowest BCUT2D eigenvalue weighted by atomic mass is 10.2. The summed E-state index contributed by atoms with van der Waals surface area (Å²) in [4.78, 5) is 27.4. The predicted molar refractivity (Wildman–Crippen MR) is 103 cm³/mol. The Balaban J connectivity index is 1.84. The van der Waals surface area contributed by atoms with Crippen LogP contribution in [0.25, 0.3) is 0 Å². The van der Waals surface area contributed by atoms with Crippen molar-refractivity contribution in [1.29, 1.82) is 0 Å². The normalized spacial score (nSPS) is 16.7. The molecule has 0 spiro atoms. The van der Waals surface area contributed by atoms with Gasteiger partial charge in [-0.1, -0.05) is 6.92 Å². The molecule has 1 fully saturated rings. The van der Waals surface area contributed by atoms with Crippen molar-refractivity contribution in [2.75, 3.05) is 56.7 Å². The number of amides is 2. The summed E-state index contributed by atoms with van der Waals surface area (Å²) in [6.07, 6.45) is 0.904. The van der Waals surface area contributed by atoms with E-state index in [-0.39, 0.29) is 24.4 Å². The van der Waals surface area contributed by atoms with Gasteiger partial charge >= 0.3 is 0 Å². The quantitative estimate of drug-likeness (QED) is 0.603. The van der Waals surface area contributed by atoms with Gasteiger partial charge in [-0.05, 0) is 37.6 Å². The summed E-state index contributed by atoms with van der Waals surface area (Å²) in [7, 11) is 1.86. The van der Waals surface area contributed by atoms with Gasteiger partial charge in [0.2, 0.25) is 0 Å². The summed E-state index contributed by atoms with van der Waals surface area (Å²) >= 11 is 0. The van der Waals surface area contributed by atoms with E-state index < -0.39 is 0 Å². The highest BCUT2D eigenvalue weighted by atomic mass is 16.5. The van der Waals surface area contributed by atoms with Crippen molar-refractivity contribution >= 4 is 23.2 Å². The molecule has 1 aliphatic heterocycles. The van der Waals surface area contributed by atoms with Gasteiger partial charge in [-0.25, -0.2) is 0 Å². The van der Waals surface area contributed by atoms with E-state index in [4.69, 9.17) is 4.74 Å². The lowest BCUT2D eigenvalue weighted by molar-refractivity contribution is -0.885. The number of carbonyl (C=O) groups excluding carboxylic acids is 2. The first-order valence-corrected chi connectivity index (χ1v) is 9.34. The van der Waals surface area contributed by atoms with Gasteiger partial charge in [-0.3, -0.25) is 9.59 Å². The zero-order valence-electron chi connectivity index (χ0n) is 16.0. The Labute approximate surface area is 155 Å². The Kier molecular flexibility index (Phi) is 7.87. The molecule has 2 atom stereocenters. The fourth-order valence-electron chi connectivity index (χ4n) is 2.78. The Bertz CT molecular complexity index is 585. The largest absolute Gasteiger partial charge is 0.378 e. The number of hydrogen-bond donors (Lipinski definition) is 3. The number of anilines is 2. The first-order chi connectivity index (χ1) is 12.5. The molecule has 1 aliphatic rings. The number of carbonyl (C=O) groups is 2. The van der Waals surface area contributed by atoms with E-state index in [2.05, 4.69) is 15.5 Å². The van der Waals surface area contributed by atoms with Gasteiger partial charge in [-0.15, -0.1) is 0 Å². The monoisotopic (exact) mass is 363 g/mol. The molecule has 1 aromatic rings. The number of rotatable bonds is 8. The van der Waals surface area contributed by atoms with Gasteiger partial charge in [-0.2, -0.15) is 0 Å². The molecule has 0 bridgehead atoms. The van der Waals surface area contributed by atoms with Gasteiger partial charge in [0.15, 0.2) is 12.6 Å². The third-order valence-electron chi connectivity index (χ3n) is 4.66. The van der Waals surface area contributed by atoms with Crippen LogP contribution >= 0.6 is 0 Å². The molecule has 0 aromatic heterocycles. The van der Waals surface area contributed by atoms with E-state index in [0.717, 1.165) is 49.0 Å². The fourth-order valence-corrected chi connectivity index (χ4v) is 2.78. The lowest BCUT2D eigenvalue weighted by Crippen LogP contribution is -3.15. The van der Waals surface area contributed by atoms with Crippen LogP contribution in [-0.2, 0) is 14.3 Å². The molecular weight excluding hydrogens is 332 g/mol. The van der Waals surface area contributed by atoms with E-state index >= 15 is 0 Å². The van der Waals surface area contributed by atoms with Crippen LogP contribution in [0.4, 0.5) is 11.4 Å². The maximum atomic E-state index is 12.4.